The molecular weight excluding hydrogens is 307 g/mol. The Labute approximate surface area is 135 Å². The lowest BCUT2D eigenvalue weighted by Gasteiger charge is -2.20. The molecule has 0 fully saturated rings. The second kappa shape index (κ2) is 7.14. The number of nitrogens with one attached hydrogen (secondary N) is 1. The van der Waals surface area contributed by atoms with Crippen molar-refractivity contribution in [2.45, 2.75) is 26.0 Å². The highest BCUT2D eigenvalue weighted by Gasteiger charge is 2.17. The summed E-state index contributed by atoms with van der Waals surface area (Å²) < 4.78 is 5.71. The van der Waals surface area contributed by atoms with Crippen molar-refractivity contribution >= 4 is 23.2 Å². The Kier molecular flexibility index (Phi) is 5.48. The normalized spacial score (nSPS) is 12.5. The van der Waals surface area contributed by atoms with Crippen molar-refractivity contribution in [2.75, 3.05) is 0 Å². The molecule has 0 aliphatic heterocycles. The minimum absolute atomic E-state index is 0.110. The molecule has 0 amide bonds. The maximum Gasteiger partial charge on any atom is 0.120 e. The van der Waals surface area contributed by atoms with Gasteiger partial charge in [0.15, 0.2) is 0 Å². The second-order valence-corrected chi connectivity index (χ2v) is 5.85. The van der Waals surface area contributed by atoms with Gasteiger partial charge >= 0.3 is 0 Å². The standard InChI is InChI=1S/C16H18Cl2N2O/c1-10(2)21-13-5-3-4-11(8-13)16(20-19)14-9-12(17)6-7-15(14)18/h3-10,16,20H,19H2,1-2H3. The molecule has 0 heterocycles. The van der Waals surface area contributed by atoms with Crippen LogP contribution in [0.25, 0.3) is 0 Å². The number of rotatable bonds is 5. The average molecular weight is 325 g/mol. The van der Waals surface area contributed by atoms with Gasteiger partial charge in [-0.15, -0.1) is 0 Å². The lowest BCUT2D eigenvalue weighted by Crippen LogP contribution is -2.29. The molecule has 21 heavy (non-hydrogen) atoms. The van der Waals surface area contributed by atoms with E-state index >= 15 is 0 Å². The minimum atomic E-state index is -0.257. The predicted octanol–water partition coefficient (Wildman–Crippen LogP) is 4.33. The topological polar surface area (TPSA) is 47.3 Å². The van der Waals surface area contributed by atoms with Gasteiger partial charge in [0.1, 0.15) is 5.75 Å². The molecule has 1 atom stereocenters. The third-order valence-corrected chi connectivity index (χ3v) is 3.58. The molecule has 3 nitrogen and oxygen atoms in total. The van der Waals surface area contributed by atoms with Crippen molar-refractivity contribution in [3.63, 3.8) is 0 Å². The minimum Gasteiger partial charge on any atom is -0.491 e. The van der Waals surface area contributed by atoms with Crippen LogP contribution in [-0.4, -0.2) is 6.10 Å². The summed E-state index contributed by atoms with van der Waals surface area (Å²) in [6.07, 6.45) is 0.110. The van der Waals surface area contributed by atoms with Gasteiger partial charge in [-0.05, 0) is 55.3 Å². The second-order valence-electron chi connectivity index (χ2n) is 5.00. The van der Waals surface area contributed by atoms with Crippen molar-refractivity contribution < 1.29 is 4.74 Å². The lowest BCUT2D eigenvalue weighted by molar-refractivity contribution is 0.242. The summed E-state index contributed by atoms with van der Waals surface area (Å²) in [5.41, 5.74) is 4.57. The Balaban J connectivity index is 2.39. The fourth-order valence-electron chi connectivity index (χ4n) is 2.14. The first-order valence-electron chi connectivity index (χ1n) is 6.69. The van der Waals surface area contributed by atoms with Crippen molar-refractivity contribution in [1.82, 2.24) is 5.43 Å². The fourth-order valence-corrected chi connectivity index (χ4v) is 2.55. The molecule has 112 valence electrons. The molecule has 2 rings (SSSR count). The molecule has 1 unspecified atom stereocenters. The third-order valence-electron chi connectivity index (χ3n) is 3.00. The summed E-state index contributed by atoms with van der Waals surface area (Å²) in [5.74, 6) is 6.51. The largest absolute Gasteiger partial charge is 0.491 e. The summed E-state index contributed by atoms with van der Waals surface area (Å²) in [4.78, 5) is 0. The first-order chi connectivity index (χ1) is 10.0. The molecule has 0 saturated heterocycles. The zero-order valence-corrected chi connectivity index (χ0v) is 13.4. The molecule has 0 radical (unpaired) electrons. The van der Waals surface area contributed by atoms with Gasteiger partial charge in [0, 0.05) is 10.0 Å². The number of hydrogen-bond acceptors (Lipinski definition) is 3. The van der Waals surface area contributed by atoms with Crippen molar-refractivity contribution in [3.8, 4) is 5.75 Å². The van der Waals surface area contributed by atoms with Gasteiger partial charge in [0.05, 0.1) is 12.1 Å². The van der Waals surface area contributed by atoms with Crippen LogP contribution in [0.5, 0.6) is 5.75 Å². The van der Waals surface area contributed by atoms with Crippen LogP contribution in [0.1, 0.15) is 31.0 Å². The van der Waals surface area contributed by atoms with E-state index in [9.17, 15) is 0 Å². The van der Waals surface area contributed by atoms with Crippen molar-refractivity contribution in [3.05, 3.63) is 63.6 Å². The van der Waals surface area contributed by atoms with Crippen LogP contribution in [0, 0.1) is 0 Å². The number of nitrogens with two attached hydrogens (primary N) is 1. The monoisotopic (exact) mass is 324 g/mol. The van der Waals surface area contributed by atoms with E-state index in [2.05, 4.69) is 5.43 Å². The van der Waals surface area contributed by atoms with E-state index in [4.69, 9.17) is 33.8 Å². The smallest absolute Gasteiger partial charge is 0.120 e. The zero-order chi connectivity index (χ0) is 15.4. The third kappa shape index (κ3) is 4.11. The van der Waals surface area contributed by atoms with Gasteiger partial charge in [0.25, 0.3) is 0 Å². The Morgan fingerprint density at radius 2 is 1.86 bits per heavy atom. The van der Waals surface area contributed by atoms with Crippen LogP contribution in [-0.2, 0) is 0 Å². The quantitative estimate of drug-likeness (QED) is 0.635. The summed E-state index contributed by atoms with van der Waals surface area (Å²) in [7, 11) is 0. The lowest BCUT2D eigenvalue weighted by atomic mass is 9.99. The number of benzene rings is 2. The molecule has 0 aromatic heterocycles. The van der Waals surface area contributed by atoms with Crippen molar-refractivity contribution in [2.24, 2.45) is 5.84 Å². The van der Waals surface area contributed by atoms with Gasteiger partial charge in [-0.25, -0.2) is 5.43 Å². The van der Waals surface area contributed by atoms with E-state index in [1.54, 1.807) is 12.1 Å². The van der Waals surface area contributed by atoms with Crippen molar-refractivity contribution in [1.29, 1.82) is 0 Å². The Morgan fingerprint density at radius 1 is 1.10 bits per heavy atom. The number of halogens is 2. The molecule has 3 N–H and O–H groups in total. The summed E-state index contributed by atoms with van der Waals surface area (Å²) in [6.45, 7) is 3.97. The average Bonchev–Trinajstić information content (AvgIpc) is 2.43. The van der Waals surface area contributed by atoms with Gasteiger partial charge < -0.3 is 4.74 Å². The van der Waals surface area contributed by atoms with Crippen LogP contribution < -0.4 is 16.0 Å². The highest BCUT2D eigenvalue weighted by molar-refractivity contribution is 6.33. The SMILES string of the molecule is CC(C)Oc1cccc(C(NN)c2cc(Cl)ccc2Cl)c1. The van der Waals surface area contributed by atoms with Crippen LogP contribution >= 0.6 is 23.2 Å². The predicted molar refractivity (Wildman–Crippen MR) is 87.8 cm³/mol. The van der Waals surface area contributed by atoms with E-state index < -0.39 is 0 Å². The molecule has 5 heteroatoms. The van der Waals surface area contributed by atoms with E-state index in [1.807, 2.05) is 44.2 Å². The van der Waals surface area contributed by atoms with E-state index in [-0.39, 0.29) is 12.1 Å². The summed E-state index contributed by atoms with van der Waals surface area (Å²) >= 11 is 12.3. The van der Waals surface area contributed by atoms with Crippen LogP contribution in [0.2, 0.25) is 10.0 Å². The van der Waals surface area contributed by atoms with Crippen LogP contribution in [0.4, 0.5) is 0 Å². The number of hydrogen-bond donors (Lipinski definition) is 2. The Morgan fingerprint density at radius 3 is 2.52 bits per heavy atom. The molecule has 2 aromatic carbocycles. The molecular formula is C16H18Cl2N2O. The number of ether oxygens (including phenoxy) is 1. The maximum absolute atomic E-state index is 6.26. The van der Waals surface area contributed by atoms with E-state index in [1.165, 1.54) is 0 Å². The molecule has 0 bridgehead atoms. The van der Waals surface area contributed by atoms with Gasteiger partial charge in [0.2, 0.25) is 0 Å². The van der Waals surface area contributed by atoms with Gasteiger partial charge in [-0.2, -0.15) is 0 Å². The molecule has 0 aliphatic rings. The van der Waals surface area contributed by atoms with Crippen LogP contribution in [0.3, 0.4) is 0 Å². The molecule has 2 aromatic rings. The van der Waals surface area contributed by atoms with Gasteiger partial charge in [-0.1, -0.05) is 35.3 Å². The Hall–Kier alpha value is -1.26. The van der Waals surface area contributed by atoms with Crippen LogP contribution in [0.15, 0.2) is 42.5 Å². The molecule has 0 spiro atoms. The first kappa shape index (κ1) is 16.1. The number of hydrazine groups is 1. The Bertz CT molecular complexity index is 617. The highest BCUT2D eigenvalue weighted by Crippen LogP contribution is 2.31. The molecule has 0 saturated carbocycles. The maximum atomic E-state index is 6.26. The summed E-state index contributed by atoms with van der Waals surface area (Å²) in [6, 6.07) is 12.8. The fraction of sp³-hybridized carbons (Fsp3) is 0.250. The zero-order valence-electron chi connectivity index (χ0n) is 11.9. The summed E-state index contributed by atoms with van der Waals surface area (Å²) in [5, 5.41) is 1.22. The van der Waals surface area contributed by atoms with E-state index in [0.717, 1.165) is 16.9 Å². The van der Waals surface area contributed by atoms with Gasteiger partial charge in [-0.3, -0.25) is 5.84 Å². The highest BCUT2D eigenvalue weighted by atomic mass is 35.5. The van der Waals surface area contributed by atoms with E-state index in [0.29, 0.717) is 10.0 Å². The molecule has 0 aliphatic carbocycles. The first-order valence-corrected chi connectivity index (χ1v) is 7.44.